The Morgan fingerprint density at radius 3 is 2.26 bits per heavy atom. The van der Waals surface area contributed by atoms with Crippen LogP contribution in [0.1, 0.15) is 78.2 Å². The first-order chi connectivity index (χ1) is 8.91. The average Bonchev–Trinajstić information content (AvgIpc) is 2.64. The van der Waals surface area contributed by atoms with Gasteiger partial charge in [-0.1, -0.05) is 53.9 Å². The van der Waals surface area contributed by atoms with E-state index < -0.39 is 0 Å². The number of nitrogen functional groups attached to an aromatic ring is 1. The predicted octanol–water partition coefficient (Wildman–Crippen LogP) is 4.30. The van der Waals surface area contributed by atoms with Gasteiger partial charge in [0.15, 0.2) is 0 Å². The standard InChI is InChI=1S/C16H31N3/c1-6-8-9-10-11-13-14(17)19(12-7-2)15(18-13)16(3,4)5/h6-12,17H2,1-5H3. The number of hydrogen-bond acceptors (Lipinski definition) is 2. The zero-order valence-electron chi connectivity index (χ0n) is 13.4. The zero-order chi connectivity index (χ0) is 14.5. The van der Waals surface area contributed by atoms with Crippen molar-refractivity contribution >= 4 is 5.82 Å². The molecule has 19 heavy (non-hydrogen) atoms. The molecule has 110 valence electrons. The van der Waals surface area contributed by atoms with E-state index in [0.717, 1.165) is 36.7 Å². The molecule has 0 saturated carbocycles. The fourth-order valence-corrected chi connectivity index (χ4v) is 2.44. The first-order valence-electron chi connectivity index (χ1n) is 7.77. The Labute approximate surface area is 118 Å². The maximum Gasteiger partial charge on any atom is 0.126 e. The molecule has 0 amide bonds. The molecule has 1 heterocycles. The highest BCUT2D eigenvalue weighted by Crippen LogP contribution is 2.27. The SMILES string of the molecule is CCCCCCc1nc(C(C)(C)C)n(CCC)c1N. The molecule has 1 aromatic heterocycles. The second kappa shape index (κ2) is 6.97. The molecule has 3 heteroatoms. The van der Waals surface area contributed by atoms with Crippen LogP contribution in [0.15, 0.2) is 0 Å². The lowest BCUT2D eigenvalue weighted by Gasteiger charge is -2.19. The van der Waals surface area contributed by atoms with Gasteiger partial charge in [-0.05, 0) is 19.3 Å². The molecule has 0 aliphatic carbocycles. The molecule has 1 aromatic rings. The van der Waals surface area contributed by atoms with Crippen molar-refractivity contribution in [2.24, 2.45) is 0 Å². The van der Waals surface area contributed by atoms with Gasteiger partial charge in [-0.3, -0.25) is 0 Å². The number of nitrogens with two attached hydrogens (primary N) is 1. The summed E-state index contributed by atoms with van der Waals surface area (Å²) in [6.07, 6.45) is 7.17. The minimum atomic E-state index is 0.0605. The number of imidazole rings is 1. The normalized spacial score (nSPS) is 12.1. The highest BCUT2D eigenvalue weighted by molar-refractivity contribution is 5.39. The highest BCUT2D eigenvalue weighted by atomic mass is 15.1. The highest BCUT2D eigenvalue weighted by Gasteiger charge is 2.24. The van der Waals surface area contributed by atoms with Crippen LogP contribution in [0, 0.1) is 0 Å². The van der Waals surface area contributed by atoms with Gasteiger partial charge in [0.2, 0.25) is 0 Å². The smallest absolute Gasteiger partial charge is 0.126 e. The summed E-state index contributed by atoms with van der Waals surface area (Å²) in [4.78, 5) is 4.84. The molecule has 0 spiro atoms. The summed E-state index contributed by atoms with van der Waals surface area (Å²) < 4.78 is 2.22. The Bertz CT molecular complexity index is 385. The molecule has 1 rings (SSSR count). The number of aryl methyl sites for hydroxylation is 1. The Morgan fingerprint density at radius 1 is 1.05 bits per heavy atom. The molecule has 0 saturated heterocycles. The number of nitrogens with zero attached hydrogens (tertiary/aromatic N) is 2. The van der Waals surface area contributed by atoms with Crippen molar-refractivity contribution in [1.82, 2.24) is 9.55 Å². The van der Waals surface area contributed by atoms with Gasteiger partial charge in [0.1, 0.15) is 11.6 Å². The second-order valence-electron chi connectivity index (χ2n) is 6.48. The van der Waals surface area contributed by atoms with Crippen LogP contribution in [0.25, 0.3) is 0 Å². The molecule has 3 nitrogen and oxygen atoms in total. The minimum Gasteiger partial charge on any atom is -0.384 e. The molecule has 0 unspecified atom stereocenters. The van der Waals surface area contributed by atoms with Crippen molar-refractivity contribution in [3.63, 3.8) is 0 Å². The Hall–Kier alpha value is -0.990. The fraction of sp³-hybridized carbons (Fsp3) is 0.812. The predicted molar refractivity (Wildman–Crippen MR) is 83.5 cm³/mol. The van der Waals surface area contributed by atoms with E-state index >= 15 is 0 Å². The molecule has 0 atom stereocenters. The quantitative estimate of drug-likeness (QED) is 0.747. The van der Waals surface area contributed by atoms with Crippen molar-refractivity contribution in [3.8, 4) is 0 Å². The molecular weight excluding hydrogens is 234 g/mol. The van der Waals surface area contributed by atoms with Gasteiger partial charge in [-0.2, -0.15) is 0 Å². The topological polar surface area (TPSA) is 43.8 Å². The van der Waals surface area contributed by atoms with Crippen LogP contribution in [0.5, 0.6) is 0 Å². The Kier molecular flexibility index (Phi) is 5.89. The van der Waals surface area contributed by atoms with Gasteiger partial charge in [0.25, 0.3) is 0 Å². The molecule has 0 aromatic carbocycles. The van der Waals surface area contributed by atoms with Gasteiger partial charge >= 0.3 is 0 Å². The van der Waals surface area contributed by atoms with Crippen LogP contribution < -0.4 is 5.73 Å². The maximum atomic E-state index is 6.30. The number of anilines is 1. The van der Waals surface area contributed by atoms with Crippen molar-refractivity contribution in [1.29, 1.82) is 0 Å². The van der Waals surface area contributed by atoms with E-state index in [1.54, 1.807) is 0 Å². The summed E-state index contributed by atoms with van der Waals surface area (Å²) in [5.41, 5.74) is 7.47. The molecule has 0 aliphatic rings. The largest absolute Gasteiger partial charge is 0.384 e. The van der Waals surface area contributed by atoms with Crippen LogP contribution in [-0.2, 0) is 18.4 Å². The number of hydrogen-bond donors (Lipinski definition) is 1. The molecule has 0 aliphatic heterocycles. The second-order valence-corrected chi connectivity index (χ2v) is 6.48. The Morgan fingerprint density at radius 2 is 1.74 bits per heavy atom. The van der Waals surface area contributed by atoms with Gasteiger partial charge in [-0.25, -0.2) is 4.98 Å². The molecular formula is C16H31N3. The lowest BCUT2D eigenvalue weighted by molar-refractivity contribution is 0.497. The monoisotopic (exact) mass is 265 g/mol. The van der Waals surface area contributed by atoms with E-state index in [9.17, 15) is 0 Å². The fourth-order valence-electron chi connectivity index (χ4n) is 2.44. The van der Waals surface area contributed by atoms with Crippen LogP contribution in [0.4, 0.5) is 5.82 Å². The summed E-state index contributed by atoms with van der Waals surface area (Å²) >= 11 is 0. The lowest BCUT2D eigenvalue weighted by Crippen LogP contribution is -2.19. The van der Waals surface area contributed by atoms with Crippen LogP contribution in [-0.4, -0.2) is 9.55 Å². The number of rotatable bonds is 7. The van der Waals surface area contributed by atoms with Gasteiger partial charge in [-0.15, -0.1) is 0 Å². The zero-order valence-corrected chi connectivity index (χ0v) is 13.4. The summed E-state index contributed by atoms with van der Waals surface area (Å²) in [7, 11) is 0. The lowest BCUT2D eigenvalue weighted by atomic mass is 9.95. The van der Waals surface area contributed by atoms with Gasteiger partial charge < -0.3 is 10.3 Å². The summed E-state index contributed by atoms with van der Waals surface area (Å²) in [6.45, 7) is 12.0. The van der Waals surface area contributed by atoms with Crippen LogP contribution in [0.2, 0.25) is 0 Å². The first-order valence-corrected chi connectivity index (χ1v) is 7.77. The maximum absolute atomic E-state index is 6.30. The van der Waals surface area contributed by atoms with E-state index in [-0.39, 0.29) is 5.41 Å². The molecule has 0 fully saturated rings. The summed E-state index contributed by atoms with van der Waals surface area (Å²) in [6, 6.07) is 0. The van der Waals surface area contributed by atoms with Crippen molar-refractivity contribution < 1.29 is 0 Å². The third-order valence-corrected chi connectivity index (χ3v) is 3.47. The van der Waals surface area contributed by atoms with Crippen molar-refractivity contribution in [3.05, 3.63) is 11.5 Å². The van der Waals surface area contributed by atoms with Crippen LogP contribution in [0.3, 0.4) is 0 Å². The van der Waals surface area contributed by atoms with E-state index in [0.29, 0.717) is 0 Å². The van der Waals surface area contributed by atoms with Crippen molar-refractivity contribution in [2.75, 3.05) is 5.73 Å². The summed E-state index contributed by atoms with van der Waals surface area (Å²) in [5.74, 6) is 2.03. The number of unbranched alkanes of at least 4 members (excludes halogenated alkanes) is 3. The minimum absolute atomic E-state index is 0.0605. The van der Waals surface area contributed by atoms with Crippen molar-refractivity contribution in [2.45, 2.75) is 85.1 Å². The average molecular weight is 265 g/mol. The third-order valence-electron chi connectivity index (χ3n) is 3.47. The van der Waals surface area contributed by atoms with Crippen LogP contribution >= 0.6 is 0 Å². The Balaban J connectivity index is 2.88. The first kappa shape index (κ1) is 16.1. The van der Waals surface area contributed by atoms with Gasteiger partial charge in [0, 0.05) is 12.0 Å². The van der Waals surface area contributed by atoms with E-state index in [2.05, 4.69) is 39.2 Å². The summed E-state index contributed by atoms with van der Waals surface area (Å²) in [5, 5.41) is 0. The molecule has 0 radical (unpaired) electrons. The number of aromatic nitrogens is 2. The third kappa shape index (κ3) is 4.26. The van der Waals surface area contributed by atoms with E-state index in [1.807, 2.05) is 0 Å². The molecule has 0 bridgehead atoms. The van der Waals surface area contributed by atoms with Gasteiger partial charge in [0.05, 0.1) is 5.69 Å². The van der Waals surface area contributed by atoms with E-state index in [1.165, 1.54) is 25.7 Å². The van der Waals surface area contributed by atoms with E-state index in [4.69, 9.17) is 10.7 Å². The molecule has 2 N–H and O–H groups in total.